The van der Waals surface area contributed by atoms with Gasteiger partial charge in [0.15, 0.2) is 0 Å². The molecule has 6 heteroatoms. The fourth-order valence-corrected chi connectivity index (χ4v) is 4.16. The van der Waals surface area contributed by atoms with Crippen molar-refractivity contribution < 1.29 is 9.53 Å². The topological polar surface area (TPSA) is 84.2 Å². The fraction of sp³-hybridized carbons (Fsp3) is 0.200. The van der Waals surface area contributed by atoms with Crippen LogP contribution >= 0.6 is 0 Å². The minimum atomic E-state index is -0.299. The number of hydrogen-bond donors (Lipinski definition) is 2. The third kappa shape index (κ3) is 3.97. The van der Waals surface area contributed by atoms with Crippen molar-refractivity contribution in [3.63, 3.8) is 0 Å². The molecular weight excluding hydrogens is 388 g/mol. The van der Waals surface area contributed by atoms with Crippen LogP contribution in [0.4, 0.5) is 10.5 Å². The van der Waals surface area contributed by atoms with Crippen LogP contribution in [0.5, 0.6) is 0 Å². The molecule has 6 nitrogen and oxygen atoms in total. The molecule has 4 aromatic rings. The van der Waals surface area contributed by atoms with E-state index in [0.29, 0.717) is 6.54 Å². The van der Waals surface area contributed by atoms with Crippen molar-refractivity contribution in [1.82, 2.24) is 14.9 Å². The highest BCUT2D eigenvalue weighted by atomic mass is 16.6. The summed E-state index contributed by atoms with van der Waals surface area (Å²) in [6.45, 7) is 0.941. The van der Waals surface area contributed by atoms with Crippen molar-refractivity contribution in [3.05, 3.63) is 84.2 Å². The summed E-state index contributed by atoms with van der Waals surface area (Å²) in [6.07, 6.45) is 1.49. The maximum Gasteiger partial charge on any atom is 0.410 e. The van der Waals surface area contributed by atoms with Crippen LogP contribution in [0.3, 0.4) is 0 Å². The van der Waals surface area contributed by atoms with Crippen molar-refractivity contribution in [3.8, 4) is 11.1 Å². The average molecular weight is 412 g/mol. The van der Waals surface area contributed by atoms with Crippen LogP contribution in [0.2, 0.25) is 0 Å². The predicted molar refractivity (Wildman–Crippen MR) is 121 cm³/mol. The molecule has 1 atom stereocenters. The van der Waals surface area contributed by atoms with Gasteiger partial charge in [-0.25, -0.2) is 9.78 Å². The number of nitrogen functional groups attached to an aromatic ring is 1. The predicted octanol–water partition coefficient (Wildman–Crippen LogP) is 5.29. The molecule has 1 aromatic heterocycles. The van der Waals surface area contributed by atoms with Gasteiger partial charge >= 0.3 is 6.09 Å². The molecule has 1 fully saturated rings. The molecule has 1 saturated heterocycles. The molecule has 2 heterocycles. The lowest BCUT2D eigenvalue weighted by molar-refractivity contribution is 0.0910. The lowest BCUT2D eigenvalue weighted by Crippen LogP contribution is -2.31. The average Bonchev–Trinajstić information content (AvgIpc) is 3.44. The first-order valence-corrected chi connectivity index (χ1v) is 10.5. The number of benzene rings is 3. The Labute approximate surface area is 180 Å². The molecule has 0 saturated carbocycles. The molecule has 1 aliphatic rings. The largest absolute Gasteiger partial charge is 0.445 e. The number of nitrogens with one attached hydrogen (secondary N) is 1. The number of hydrogen-bond acceptors (Lipinski definition) is 4. The number of rotatable bonds is 4. The van der Waals surface area contributed by atoms with Gasteiger partial charge in [0, 0.05) is 12.2 Å². The molecule has 3 aromatic carbocycles. The van der Waals surface area contributed by atoms with E-state index in [9.17, 15) is 4.79 Å². The second-order valence-electron chi connectivity index (χ2n) is 7.87. The molecule has 1 amide bonds. The molecule has 0 spiro atoms. The Balaban J connectivity index is 1.36. The molecule has 156 valence electrons. The van der Waals surface area contributed by atoms with E-state index in [0.717, 1.165) is 52.1 Å². The summed E-state index contributed by atoms with van der Waals surface area (Å²) in [5.41, 5.74) is 11.6. The van der Waals surface area contributed by atoms with Gasteiger partial charge in [0.25, 0.3) is 0 Å². The van der Waals surface area contributed by atoms with Gasteiger partial charge in [0.05, 0.1) is 17.1 Å². The minimum absolute atomic E-state index is 0.105. The Morgan fingerprint density at radius 1 is 1.06 bits per heavy atom. The maximum atomic E-state index is 12.7. The molecule has 0 radical (unpaired) electrons. The second kappa shape index (κ2) is 8.14. The third-order valence-corrected chi connectivity index (χ3v) is 5.73. The number of nitrogens with two attached hydrogens (primary N) is 1. The molecule has 0 aliphatic carbocycles. The summed E-state index contributed by atoms with van der Waals surface area (Å²) in [5.74, 6) is 0.800. The molecule has 1 aliphatic heterocycles. The van der Waals surface area contributed by atoms with Gasteiger partial charge in [-0.15, -0.1) is 0 Å². The summed E-state index contributed by atoms with van der Waals surface area (Å²) >= 11 is 0. The molecule has 0 bridgehead atoms. The van der Waals surface area contributed by atoms with E-state index in [2.05, 4.69) is 11.1 Å². The number of anilines is 1. The summed E-state index contributed by atoms with van der Waals surface area (Å²) in [4.78, 5) is 22.7. The van der Waals surface area contributed by atoms with E-state index in [1.807, 2.05) is 66.7 Å². The summed E-state index contributed by atoms with van der Waals surface area (Å²) in [7, 11) is 0. The van der Waals surface area contributed by atoms with E-state index in [-0.39, 0.29) is 18.7 Å². The van der Waals surface area contributed by atoms with E-state index >= 15 is 0 Å². The van der Waals surface area contributed by atoms with Crippen molar-refractivity contribution in [2.24, 2.45) is 0 Å². The quantitative estimate of drug-likeness (QED) is 0.446. The van der Waals surface area contributed by atoms with Gasteiger partial charge < -0.3 is 15.5 Å². The van der Waals surface area contributed by atoms with Crippen LogP contribution in [0.1, 0.15) is 30.3 Å². The minimum Gasteiger partial charge on any atom is -0.445 e. The van der Waals surface area contributed by atoms with Crippen LogP contribution < -0.4 is 5.73 Å². The fourth-order valence-electron chi connectivity index (χ4n) is 4.16. The monoisotopic (exact) mass is 412 g/mol. The van der Waals surface area contributed by atoms with Crippen LogP contribution in [-0.2, 0) is 11.3 Å². The van der Waals surface area contributed by atoms with Gasteiger partial charge in [-0.05, 0) is 53.8 Å². The van der Waals surface area contributed by atoms with Crippen molar-refractivity contribution in [1.29, 1.82) is 0 Å². The summed E-state index contributed by atoms with van der Waals surface area (Å²) < 4.78 is 5.56. The summed E-state index contributed by atoms with van der Waals surface area (Å²) in [6, 6.07) is 23.6. The Bertz CT molecular complexity index is 1220. The lowest BCUT2D eigenvalue weighted by Gasteiger charge is -2.22. The van der Waals surface area contributed by atoms with Crippen molar-refractivity contribution in [2.45, 2.75) is 25.5 Å². The standard InChI is InChI=1S/C25H24N4O2/c26-20-9-4-8-18(14-20)19-11-12-21-22(15-19)28-24(27-21)23-10-5-13-29(23)25(30)31-16-17-6-2-1-3-7-17/h1-4,6-9,11-12,14-15,23H,5,10,13,16,26H2,(H,27,28). The van der Waals surface area contributed by atoms with Crippen LogP contribution in [0, 0.1) is 0 Å². The number of carbonyl (C=O) groups excluding carboxylic acids is 1. The molecule has 5 rings (SSSR count). The van der Waals surface area contributed by atoms with Gasteiger partial charge in [0.1, 0.15) is 12.4 Å². The first-order chi connectivity index (χ1) is 15.2. The number of fused-ring (bicyclic) bond motifs is 1. The lowest BCUT2D eigenvalue weighted by atomic mass is 10.0. The molecule has 3 N–H and O–H groups in total. The molecule has 31 heavy (non-hydrogen) atoms. The number of likely N-dealkylation sites (tertiary alicyclic amines) is 1. The number of imidazole rings is 1. The Kier molecular flexibility index (Phi) is 5.04. The first kappa shape index (κ1) is 19.2. The molecular formula is C25H24N4O2. The highest BCUT2D eigenvalue weighted by molar-refractivity contribution is 5.82. The van der Waals surface area contributed by atoms with Gasteiger partial charge in [-0.1, -0.05) is 48.5 Å². The van der Waals surface area contributed by atoms with E-state index in [1.165, 1.54) is 0 Å². The number of carbonyl (C=O) groups is 1. The first-order valence-electron chi connectivity index (χ1n) is 10.5. The highest BCUT2D eigenvalue weighted by Gasteiger charge is 2.33. The van der Waals surface area contributed by atoms with Crippen LogP contribution in [0.15, 0.2) is 72.8 Å². The highest BCUT2D eigenvalue weighted by Crippen LogP contribution is 2.33. The Morgan fingerprint density at radius 3 is 2.74 bits per heavy atom. The van der Waals surface area contributed by atoms with Crippen LogP contribution in [0.25, 0.3) is 22.2 Å². The number of amides is 1. The second-order valence-corrected chi connectivity index (χ2v) is 7.87. The number of aromatic amines is 1. The number of H-pyrrole nitrogens is 1. The van der Waals surface area contributed by atoms with E-state index in [4.69, 9.17) is 15.5 Å². The van der Waals surface area contributed by atoms with Gasteiger partial charge in [-0.2, -0.15) is 0 Å². The zero-order valence-electron chi connectivity index (χ0n) is 17.1. The smallest absolute Gasteiger partial charge is 0.410 e. The van der Waals surface area contributed by atoms with Gasteiger partial charge in [0.2, 0.25) is 0 Å². The van der Waals surface area contributed by atoms with Gasteiger partial charge in [-0.3, -0.25) is 4.90 Å². The zero-order chi connectivity index (χ0) is 21.2. The number of nitrogens with zero attached hydrogens (tertiary/aromatic N) is 2. The maximum absolute atomic E-state index is 12.7. The Morgan fingerprint density at radius 2 is 1.90 bits per heavy atom. The normalized spacial score (nSPS) is 16.0. The number of aromatic nitrogens is 2. The third-order valence-electron chi connectivity index (χ3n) is 5.73. The number of ether oxygens (including phenoxy) is 1. The Hall–Kier alpha value is -3.80. The SMILES string of the molecule is Nc1cccc(-c2ccc3nc(C4CCCN4C(=O)OCc4ccccc4)[nH]c3c2)c1. The zero-order valence-corrected chi connectivity index (χ0v) is 17.1. The van der Waals surface area contributed by atoms with E-state index < -0.39 is 0 Å². The van der Waals surface area contributed by atoms with Crippen molar-refractivity contribution >= 4 is 22.8 Å². The van der Waals surface area contributed by atoms with Crippen LogP contribution in [-0.4, -0.2) is 27.5 Å². The molecule has 1 unspecified atom stereocenters. The van der Waals surface area contributed by atoms with Crippen molar-refractivity contribution in [2.75, 3.05) is 12.3 Å². The van der Waals surface area contributed by atoms with E-state index in [1.54, 1.807) is 4.90 Å². The summed E-state index contributed by atoms with van der Waals surface area (Å²) in [5, 5.41) is 0.